The highest BCUT2D eigenvalue weighted by Crippen LogP contribution is 2.39. The Kier molecular flexibility index (Phi) is 13.2. The molecule has 5 aliphatic rings. The molecule has 4 saturated heterocycles. The van der Waals surface area contributed by atoms with Crippen LogP contribution < -0.4 is 16.0 Å². The van der Waals surface area contributed by atoms with E-state index in [1.54, 1.807) is 0 Å². The van der Waals surface area contributed by atoms with E-state index >= 15 is 0 Å². The molecule has 0 spiro atoms. The van der Waals surface area contributed by atoms with E-state index in [9.17, 15) is 0 Å². The van der Waals surface area contributed by atoms with Crippen LogP contribution in [0.3, 0.4) is 0 Å². The molecule has 39 heavy (non-hydrogen) atoms. The monoisotopic (exact) mass is 546 g/mol. The number of unbranched alkanes of at least 4 members (excludes halogenated alkanes) is 1. The first kappa shape index (κ1) is 31.6. The number of fused-ring (bicyclic) bond motifs is 3. The fraction of sp³-hybridized carbons (Fsp3) is 0.800. The van der Waals surface area contributed by atoms with Crippen LogP contribution in [0, 0.1) is 0 Å². The Bertz CT molecular complexity index is 836. The van der Waals surface area contributed by atoms with Crippen LogP contribution in [0.2, 0.25) is 0 Å². The van der Waals surface area contributed by atoms with Gasteiger partial charge in [0.1, 0.15) is 12.4 Å². The van der Waals surface area contributed by atoms with Crippen LogP contribution in [0.1, 0.15) is 71.6 Å². The second kappa shape index (κ2) is 16.4. The SMILES string of the molecule is CCC/C=C(/N=C(\C1=C(C)CNCC1)N1CC2CCC(C1)N2)OCC12CCCN1CCC2.CNC.COC=O. The summed E-state index contributed by atoms with van der Waals surface area (Å²) in [6.07, 6.45) is 13.2. The third-order valence-electron chi connectivity index (χ3n) is 8.46. The molecule has 5 heterocycles. The first-order valence-corrected chi connectivity index (χ1v) is 15.1. The number of nitrogens with one attached hydrogen (secondary N) is 3. The lowest BCUT2D eigenvalue weighted by Crippen LogP contribution is -2.54. The Morgan fingerprint density at radius 2 is 1.82 bits per heavy atom. The van der Waals surface area contributed by atoms with Gasteiger partial charge in [0.05, 0.1) is 12.6 Å². The lowest BCUT2D eigenvalue weighted by Gasteiger charge is -2.37. The van der Waals surface area contributed by atoms with Gasteiger partial charge in [-0.3, -0.25) is 9.69 Å². The number of amidine groups is 1. The highest BCUT2D eigenvalue weighted by atomic mass is 16.5. The molecule has 2 atom stereocenters. The van der Waals surface area contributed by atoms with E-state index in [4.69, 9.17) is 14.5 Å². The summed E-state index contributed by atoms with van der Waals surface area (Å²) >= 11 is 0. The van der Waals surface area contributed by atoms with E-state index in [1.807, 2.05) is 14.1 Å². The number of likely N-dealkylation sites (tertiary alicyclic amines) is 1. The Hall–Kier alpha value is -1.94. The number of nitrogens with zero attached hydrogens (tertiary/aromatic N) is 3. The van der Waals surface area contributed by atoms with Crippen LogP contribution in [-0.4, -0.2) is 107 Å². The minimum Gasteiger partial charge on any atom is -0.476 e. The van der Waals surface area contributed by atoms with E-state index in [-0.39, 0.29) is 5.54 Å². The fourth-order valence-corrected chi connectivity index (χ4v) is 6.59. The van der Waals surface area contributed by atoms with Gasteiger partial charge in [-0.1, -0.05) is 18.9 Å². The van der Waals surface area contributed by atoms with Crippen molar-refractivity contribution >= 4 is 12.3 Å². The van der Waals surface area contributed by atoms with Gasteiger partial charge < -0.3 is 30.3 Å². The number of carbonyl (C=O) groups excluding carboxylic acids is 1. The number of ether oxygens (including phenoxy) is 2. The topological polar surface area (TPSA) is 90.5 Å². The zero-order valence-electron chi connectivity index (χ0n) is 25.2. The summed E-state index contributed by atoms with van der Waals surface area (Å²) in [6.45, 7) is 12.3. The van der Waals surface area contributed by atoms with Crippen molar-refractivity contribution in [3.8, 4) is 0 Å². The minimum absolute atomic E-state index is 0.263. The van der Waals surface area contributed by atoms with E-state index in [0.717, 1.165) is 57.9 Å². The number of hydrogen-bond acceptors (Lipinski definition) is 8. The number of methoxy groups -OCH3 is 1. The summed E-state index contributed by atoms with van der Waals surface area (Å²) < 4.78 is 10.5. The Morgan fingerprint density at radius 1 is 1.18 bits per heavy atom. The number of hydrogen-bond donors (Lipinski definition) is 3. The number of carbonyl (C=O) groups is 1. The highest BCUT2D eigenvalue weighted by molar-refractivity contribution is 6.00. The first-order chi connectivity index (χ1) is 19.0. The van der Waals surface area contributed by atoms with E-state index in [2.05, 4.69) is 50.4 Å². The molecule has 0 aliphatic carbocycles. The molecule has 222 valence electrons. The molecule has 0 aromatic rings. The van der Waals surface area contributed by atoms with Gasteiger partial charge in [-0.15, -0.1) is 0 Å². The Balaban J connectivity index is 0.000000542. The molecule has 0 saturated carbocycles. The molecule has 0 amide bonds. The van der Waals surface area contributed by atoms with Crippen LogP contribution in [0.25, 0.3) is 0 Å². The lowest BCUT2D eigenvalue weighted by molar-refractivity contribution is -0.126. The van der Waals surface area contributed by atoms with E-state index < -0.39 is 0 Å². The van der Waals surface area contributed by atoms with Crippen molar-refractivity contribution in [3.05, 3.63) is 23.1 Å². The summed E-state index contributed by atoms with van der Waals surface area (Å²) in [7, 11) is 5.06. The van der Waals surface area contributed by atoms with Crippen molar-refractivity contribution < 1.29 is 14.3 Å². The van der Waals surface area contributed by atoms with Gasteiger partial charge in [0.2, 0.25) is 5.88 Å². The summed E-state index contributed by atoms with van der Waals surface area (Å²) in [4.78, 5) is 19.5. The van der Waals surface area contributed by atoms with Crippen LogP contribution in [0.5, 0.6) is 0 Å². The number of allylic oxidation sites excluding steroid dienone is 1. The molecule has 0 radical (unpaired) electrons. The van der Waals surface area contributed by atoms with Crippen LogP contribution >= 0.6 is 0 Å². The third-order valence-corrected chi connectivity index (χ3v) is 8.46. The van der Waals surface area contributed by atoms with Crippen molar-refractivity contribution in [2.45, 2.75) is 89.3 Å². The molecule has 0 aromatic heterocycles. The van der Waals surface area contributed by atoms with Crippen LogP contribution in [-0.2, 0) is 14.3 Å². The predicted molar refractivity (Wildman–Crippen MR) is 159 cm³/mol. The van der Waals surface area contributed by atoms with Gasteiger partial charge in [0.15, 0.2) is 0 Å². The maximum Gasteiger partial charge on any atom is 0.292 e. The second-order valence-electron chi connectivity index (χ2n) is 11.5. The molecular weight excluding hydrogens is 492 g/mol. The molecule has 5 aliphatic heterocycles. The average Bonchev–Trinajstić information content (AvgIpc) is 3.63. The smallest absolute Gasteiger partial charge is 0.292 e. The zero-order chi connectivity index (χ0) is 28.1. The fourth-order valence-electron chi connectivity index (χ4n) is 6.59. The molecule has 2 unspecified atom stereocenters. The maximum atomic E-state index is 8.95. The minimum atomic E-state index is 0.263. The van der Waals surface area contributed by atoms with Gasteiger partial charge in [-0.2, -0.15) is 4.99 Å². The van der Waals surface area contributed by atoms with Gasteiger partial charge in [-0.05, 0) is 104 Å². The third kappa shape index (κ3) is 8.77. The Labute approximate surface area is 236 Å². The lowest BCUT2D eigenvalue weighted by atomic mass is 9.95. The van der Waals surface area contributed by atoms with E-state index in [0.29, 0.717) is 18.6 Å². The first-order valence-electron chi connectivity index (χ1n) is 15.1. The predicted octanol–water partition coefficient (Wildman–Crippen LogP) is 3.04. The zero-order valence-corrected chi connectivity index (χ0v) is 25.2. The quantitative estimate of drug-likeness (QED) is 0.185. The van der Waals surface area contributed by atoms with Crippen molar-refractivity contribution in [3.63, 3.8) is 0 Å². The number of piperazine rings is 1. The van der Waals surface area contributed by atoms with Crippen molar-refractivity contribution in [1.29, 1.82) is 0 Å². The van der Waals surface area contributed by atoms with Crippen molar-refractivity contribution in [2.24, 2.45) is 4.99 Å². The maximum absolute atomic E-state index is 8.95. The van der Waals surface area contributed by atoms with E-state index in [1.165, 1.54) is 75.7 Å². The summed E-state index contributed by atoms with van der Waals surface area (Å²) in [5.74, 6) is 2.05. The number of rotatable bonds is 8. The summed E-state index contributed by atoms with van der Waals surface area (Å²) in [6, 6.07) is 1.21. The molecule has 9 heteroatoms. The molecule has 3 N–H and O–H groups in total. The highest BCUT2D eigenvalue weighted by Gasteiger charge is 2.45. The average molecular weight is 547 g/mol. The van der Waals surface area contributed by atoms with Crippen LogP contribution in [0.15, 0.2) is 28.1 Å². The van der Waals surface area contributed by atoms with Gasteiger partial charge in [-0.25, -0.2) is 0 Å². The molecule has 9 nitrogen and oxygen atoms in total. The summed E-state index contributed by atoms with van der Waals surface area (Å²) in [5, 5.41) is 10.1. The summed E-state index contributed by atoms with van der Waals surface area (Å²) in [5.41, 5.74) is 3.14. The second-order valence-corrected chi connectivity index (χ2v) is 11.5. The van der Waals surface area contributed by atoms with Gasteiger partial charge >= 0.3 is 0 Å². The van der Waals surface area contributed by atoms with Gasteiger partial charge in [0, 0.05) is 31.7 Å². The Morgan fingerprint density at radius 3 is 2.38 bits per heavy atom. The number of aliphatic imine (C=N–C) groups is 1. The normalized spacial score (nSPS) is 26.3. The molecule has 4 fully saturated rings. The molecule has 0 aromatic carbocycles. The van der Waals surface area contributed by atoms with Crippen molar-refractivity contribution in [2.75, 3.05) is 67.1 Å². The molecular formula is C30H54N6O3. The van der Waals surface area contributed by atoms with Crippen LogP contribution in [0.4, 0.5) is 0 Å². The molecule has 5 rings (SSSR count). The largest absolute Gasteiger partial charge is 0.476 e. The van der Waals surface area contributed by atoms with Gasteiger partial charge in [0.25, 0.3) is 6.47 Å². The molecule has 2 bridgehead atoms. The standard InChI is InChI=1S/C26H43N5O.C2H7N.C2H4O2/c1-3-4-7-24(32-19-26-11-5-14-31(26)15-6-12-26)29-25(23-10-13-27-16-20(23)2)30-17-21-8-9-22(18-30)28-21;1-3-2;1-4-2-3/h7,21-22,27-28H,3-6,8-19H2,1-2H3;3H,1-2H3;2H,1H3/b24-7-,29-25+;;. The van der Waals surface area contributed by atoms with Crippen molar-refractivity contribution in [1.82, 2.24) is 25.8 Å².